The molecule has 1 saturated carbocycles. The zero-order chi connectivity index (χ0) is 10.2. The smallest absolute Gasteiger partial charge is 0.0701 e. The first-order chi connectivity index (χ1) is 6.57. The summed E-state index contributed by atoms with van der Waals surface area (Å²) in [7, 11) is 0. The fraction of sp³-hybridized carbons (Fsp3) is 0.667. The number of rotatable bonds is 1. The maximum atomic E-state index is 3.54. The highest BCUT2D eigenvalue weighted by molar-refractivity contribution is 9.11. The lowest BCUT2D eigenvalue weighted by molar-refractivity contribution is 0.224. The van der Waals surface area contributed by atoms with Gasteiger partial charge < -0.3 is 0 Å². The number of hydrogen-bond donors (Lipinski definition) is 0. The molecule has 1 aliphatic carbocycles. The predicted molar refractivity (Wildman–Crippen MR) is 67.0 cm³/mol. The second-order valence-electron chi connectivity index (χ2n) is 5.12. The van der Waals surface area contributed by atoms with Gasteiger partial charge in [-0.05, 0) is 70.0 Å². The maximum Gasteiger partial charge on any atom is 0.0701 e. The van der Waals surface area contributed by atoms with Crippen molar-refractivity contribution in [3.05, 3.63) is 20.8 Å². The summed E-state index contributed by atoms with van der Waals surface area (Å²) in [5.41, 5.74) is 2.14. The molecule has 1 aromatic rings. The molecule has 0 saturated heterocycles. The first-order valence-electron chi connectivity index (χ1n) is 5.31. The lowest BCUT2D eigenvalue weighted by Gasteiger charge is -2.34. The Hall–Kier alpha value is 0.180. The Labute approximate surface area is 98.9 Å². The van der Waals surface area contributed by atoms with Crippen molar-refractivity contribution in [3.63, 3.8) is 0 Å². The summed E-state index contributed by atoms with van der Waals surface area (Å²) in [6, 6.07) is 2.30. The van der Waals surface area contributed by atoms with Gasteiger partial charge in [0.1, 0.15) is 0 Å². The van der Waals surface area contributed by atoms with Crippen LogP contribution in [-0.4, -0.2) is 0 Å². The highest BCUT2D eigenvalue weighted by atomic mass is 79.9. The second-order valence-corrected chi connectivity index (χ2v) is 7.41. The van der Waals surface area contributed by atoms with E-state index in [2.05, 4.69) is 41.2 Å². The molecule has 1 aliphatic rings. The Morgan fingerprint density at radius 3 is 2.50 bits per heavy atom. The van der Waals surface area contributed by atoms with E-state index in [1.807, 2.05) is 11.3 Å². The highest BCUT2D eigenvalue weighted by Gasteiger charge is 2.27. The van der Waals surface area contributed by atoms with Crippen LogP contribution in [0.15, 0.2) is 15.2 Å². The van der Waals surface area contributed by atoms with Crippen LogP contribution in [-0.2, 0) is 0 Å². The van der Waals surface area contributed by atoms with Crippen molar-refractivity contribution in [1.82, 2.24) is 0 Å². The maximum absolute atomic E-state index is 3.54. The van der Waals surface area contributed by atoms with Crippen molar-refractivity contribution in [3.8, 4) is 0 Å². The molecule has 0 atom stereocenters. The summed E-state index contributed by atoms with van der Waals surface area (Å²) in [6.07, 6.45) is 5.50. The summed E-state index contributed by atoms with van der Waals surface area (Å²) in [6.45, 7) is 4.79. The van der Waals surface area contributed by atoms with Crippen molar-refractivity contribution in [2.24, 2.45) is 5.41 Å². The van der Waals surface area contributed by atoms with Crippen molar-refractivity contribution in [2.45, 2.75) is 45.4 Å². The van der Waals surface area contributed by atoms with Crippen LogP contribution in [0.2, 0.25) is 0 Å². The van der Waals surface area contributed by atoms with E-state index in [9.17, 15) is 0 Å². The van der Waals surface area contributed by atoms with Crippen LogP contribution < -0.4 is 0 Å². The number of thiophene rings is 1. The average Bonchev–Trinajstić information content (AvgIpc) is 2.52. The van der Waals surface area contributed by atoms with Crippen LogP contribution in [0, 0.1) is 5.41 Å². The van der Waals surface area contributed by atoms with Gasteiger partial charge in [-0.2, -0.15) is 0 Å². The van der Waals surface area contributed by atoms with E-state index in [1.165, 1.54) is 29.5 Å². The van der Waals surface area contributed by atoms with Gasteiger partial charge in [-0.3, -0.25) is 0 Å². The fourth-order valence-electron chi connectivity index (χ4n) is 2.27. The fourth-order valence-corrected chi connectivity index (χ4v) is 3.53. The quantitative estimate of drug-likeness (QED) is 0.660. The van der Waals surface area contributed by atoms with E-state index in [-0.39, 0.29) is 0 Å². The Balaban J connectivity index is 2.02. The first kappa shape index (κ1) is 10.7. The van der Waals surface area contributed by atoms with Crippen molar-refractivity contribution >= 4 is 27.3 Å². The molecule has 0 aromatic carbocycles. The van der Waals surface area contributed by atoms with E-state index in [4.69, 9.17) is 0 Å². The number of hydrogen-bond acceptors (Lipinski definition) is 1. The normalized spacial score (nSPS) is 22.5. The molecule has 0 N–H and O–H groups in total. The van der Waals surface area contributed by atoms with Crippen LogP contribution >= 0.6 is 27.3 Å². The molecule has 14 heavy (non-hydrogen) atoms. The van der Waals surface area contributed by atoms with Crippen LogP contribution in [0.25, 0.3) is 0 Å². The third-order valence-electron chi connectivity index (χ3n) is 3.40. The van der Waals surface area contributed by atoms with E-state index in [0.29, 0.717) is 5.41 Å². The van der Waals surface area contributed by atoms with E-state index >= 15 is 0 Å². The van der Waals surface area contributed by atoms with E-state index in [1.54, 1.807) is 5.56 Å². The van der Waals surface area contributed by atoms with Crippen LogP contribution in [0.1, 0.15) is 51.0 Å². The molecule has 0 radical (unpaired) electrons. The molecular formula is C12H17BrS. The minimum Gasteiger partial charge on any atom is -0.137 e. The van der Waals surface area contributed by atoms with Gasteiger partial charge >= 0.3 is 0 Å². The topological polar surface area (TPSA) is 0 Å². The van der Waals surface area contributed by atoms with E-state index < -0.39 is 0 Å². The summed E-state index contributed by atoms with van der Waals surface area (Å²) in [5.74, 6) is 0.825. The highest BCUT2D eigenvalue weighted by Crippen LogP contribution is 2.43. The van der Waals surface area contributed by atoms with Crippen molar-refractivity contribution < 1.29 is 0 Å². The Kier molecular flexibility index (Phi) is 3.03. The summed E-state index contributed by atoms with van der Waals surface area (Å²) in [4.78, 5) is 0. The Morgan fingerprint density at radius 1 is 1.36 bits per heavy atom. The van der Waals surface area contributed by atoms with Gasteiger partial charge in [0, 0.05) is 0 Å². The molecular weight excluding hydrogens is 256 g/mol. The molecule has 2 heteroatoms. The average molecular weight is 273 g/mol. The molecule has 0 amide bonds. The Morgan fingerprint density at radius 2 is 2.00 bits per heavy atom. The minimum absolute atomic E-state index is 0.587. The van der Waals surface area contributed by atoms with E-state index in [0.717, 1.165) is 5.92 Å². The molecule has 0 spiro atoms. The molecule has 1 fully saturated rings. The lowest BCUT2D eigenvalue weighted by Crippen LogP contribution is -2.19. The Bertz CT molecular complexity index is 304. The first-order valence-corrected chi connectivity index (χ1v) is 6.98. The van der Waals surface area contributed by atoms with Gasteiger partial charge in [0.2, 0.25) is 0 Å². The van der Waals surface area contributed by atoms with Crippen molar-refractivity contribution in [2.75, 3.05) is 0 Å². The summed E-state index contributed by atoms with van der Waals surface area (Å²) >= 11 is 5.35. The largest absolute Gasteiger partial charge is 0.137 e. The van der Waals surface area contributed by atoms with Crippen LogP contribution in [0.4, 0.5) is 0 Å². The molecule has 78 valence electrons. The molecule has 0 unspecified atom stereocenters. The summed E-state index contributed by atoms with van der Waals surface area (Å²) < 4.78 is 1.28. The van der Waals surface area contributed by atoms with Gasteiger partial charge in [-0.15, -0.1) is 11.3 Å². The van der Waals surface area contributed by atoms with Crippen molar-refractivity contribution in [1.29, 1.82) is 0 Å². The van der Waals surface area contributed by atoms with Crippen LogP contribution in [0.3, 0.4) is 0 Å². The molecule has 0 nitrogen and oxygen atoms in total. The summed E-state index contributed by atoms with van der Waals surface area (Å²) in [5, 5.41) is 2.31. The SMILES string of the molecule is CC1(C)CCC(c2csc(Br)c2)CC1. The zero-order valence-corrected chi connectivity index (χ0v) is 11.2. The molecule has 1 aromatic heterocycles. The molecule has 0 aliphatic heterocycles. The lowest BCUT2D eigenvalue weighted by atomic mass is 9.72. The zero-order valence-electron chi connectivity index (χ0n) is 8.85. The van der Waals surface area contributed by atoms with Gasteiger partial charge in [0.05, 0.1) is 3.79 Å². The second kappa shape index (κ2) is 3.97. The van der Waals surface area contributed by atoms with Gasteiger partial charge in [-0.25, -0.2) is 0 Å². The van der Waals surface area contributed by atoms with Crippen LogP contribution in [0.5, 0.6) is 0 Å². The molecule has 1 heterocycles. The minimum atomic E-state index is 0.587. The third kappa shape index (κ3) is 2.40. The van der Waals surface area contributed by atoms with Gasteiger partial charge in [-0.1, -0.05) is 13.8 Å². The molecule has 0 bridgehead atoms. The molecule has 2 rings (SSSR count). The monoisotopic (exact) mass is 272 g/mol. The van der Waals surface area contributed by atoms with Gasteiger partial charge in [0.15, 0.2) is 0 Å². The van der Waals surface area contributed by atoms with Gasteiger partial charge in [0.25, 0.3) is 0 Å². The predicted octanol–water partition coefficient (Wildman–Crippen LogP) is 5.19. The third-order valence-corrected chi connectivity index (χ3v) is 4.92. The standard InChI is InChI=1S/C12H17BrS/c1-12(2)5-3-9(4-6-12)10-7-11(13)14-8-10/h7-9H,3-6H2,1-2H3. The number of halogens is 1.